The fourth-order valence-electron chi connectivity index (χ4n) is 0.636. The Hall–Kier alpha value is -1.36. The fraction of sp³-hybridized carbons (Fsp3) is 0. The van der Waals surface area contributed by atoms with Gasteiger partial charge in [-0.25, -0.2) is 0 Å². The molecule has 58 valence electrons. The zero-order valence-electron chi connectivity index (χ0n) is 5.43. The van der Waals surface area contributed by atoms with Gasteiger partial charge in [0.15, 0.2) is 0 Å². The lowest BCUT2D eigenvalue weighted by Gasteiger charge is -1.89. The monoisotopic (exact) mass is 171 g/mol. The van der Waals surface area contributed by atoms with Crippen LogP contribution in [0, 0.1) is 0 Å². The van der Waals surface area contributed by atoms with Crippen molar-refractivity contribution in [2.24, 2.45) is 4.36 Å². The Kier molecular flexibility index (Phi) is 2.22. The van der Waals surface area contributed by atoms with Crippen LogP contribution < -0.4 is 0 Å². The van der Waals surface area contributed by atoms with Crippen LogP contribution in [0.15, 0.2) is 28.6 Å². The van der Waals surface area contributed by atoms with E-state index in [1.807, 2.05) is 0 Å². The van der Waals surface area contributed by atoms with E-state index >= 15 is 0 Å². The van der Waals surface area contributed by atoms with Crippen LogP contribution in [-0.4, -0.2) is 13.5 Å². The second-order valence-electron chi connectivity index (χ2n) is 1.83. The van der Waals surface area contributed by atoms with Crippen LogP contribution in [0.25, 0.3) is 0 Å². The van der Waals surface area contributed by atoms with Crippen molar-refractivity contribution in [3.63, 3.8) is 0 Å². The third-order valence-corrected chi connectivity index (χ3v) is 1.37. The summed E-state index contributed by atoms with van der Waals surface area (Å²) in [5.74, 6) is -0.00306. The molecule has 1 aromatic rings. The average molecular weight is 171 g/mol. The number of hydrogen-bond donors (Lipinski definition) is 1. The molecule has 0 saturated heterocycles. The zero-order chi connectivity index (χ0) is 8.27. The Morgan fingerprint density at radius 3 is 2.64 bits per heavy atom. The van der Waals surface area contributed by atoms with Crippen LogP contribution >= 0.6 is 0 Å². The van der Waals surface area contributed by atoms with Crippen LogP contribution in [0.5, 0.6) is 5.75 Å². The molecule has 0 aromatic heterocycles. The first kappa shape index (κ1) is 7.74. The lowest BCUT2D eigenvalue weighted by Crippen LogP contribution is -1.64. The van der Waals surface area contributed by atoms with Crippen LogP contribution in [0.1, 0.15) is 0 Å². The first-order chi connectivity index (χ1) is 5.18. The number of hydrogen-bond acceptors (Lipinski definition) is 4. The Morgan fingerprint density at radius 2 is 2.09 bits per heavy atom. The van der Waals surface area contributed by atoms with Gasteiger partial charge in [0.1, 0.15) is 5.75 Å². The van der Waals surface area contributed by atoms with E-state index in [0.29, 0.717) is 0 Å². The minimum Gasteiger partial charge on any atom is -0.508 e. The average Bonchev–Trinajstić information content (AvgIpc) is 1.85. The molecule has 0 unspecified atom stereocenters. The molecule has 0 saturated carbocycles. The molecule has 0 radical (unpaired) electrons. The summed E-state index contributed by atoms with van der Waals surface area (Å²) in [6.45, 7) is 0. The first-order valence-electron chi connectivity index (χ1n) is 2.78. The maximum Gasteiger partial charge on any atom is 0.316 e. The Morgan fingerprint density at radius 1 is 1.36 bits per heavy atom. The second kappa shape index (κ2) is 3.16. The lowest BCUT2D eigenvalue weighted by molar-refractivity contribution is 0.475. The number of benzene rings is 1. The van der Waals surface area contributed by atoms with Crippen molar-refractivity contribution in [3.05, 3.63) is 24.3 Å². The zero-order valence-corrected chi connectivity index (χ0v) is 6.25. The van der Waals surface area contributed by atoms with Gasteiger partial charge in [-0.1, -0.05) is 6.07 Å². The van der Waals surface area contributed by atoms with E-state index in [-0.39, 0.29) is 11.4 Å². The summed E-state index contributed by atoms with van der Waals surface area (Å²) in [7, 11) is -2.46. The van der Waals surface area contributed by atoms with Gasteiger partial charge in [0.2, 0.25) is 0 Å². The fourth-order valence-corrected chi connectivity index (χ4v) is 0.922. The van der Waals surface area contributed by atoms with Gasteiger partial charge in [-0.15, -0.1) is 4.36 Å². The molecule has 0 spiro atoms. The summed E-state index contributed by atoms with van der Waals surface area (Å²) < 4.78 is 23.2. The maximum atomic E-state index is 10.0. The first-order valence-corrected chi connectivity index (χ1v) is 3.82. The van der Waals surface area contributed by atoms with Gasteiger partial charge in [0.05, 0.1) is 5.69 Å². The van der Waals surface area contributed by atoms with Gasteiger partial charge in [-0.05, 0) is 12.1 Å². The number of rotatable bonds is 1. The van der Waals surface area contributed by atoms with E-state index in [4.69, 9.17) is 5.11 Å². The largest absolute Gasteiger partial charge is 0.508 e. The molecule has 0 amide bonds. The van der Waals surface area contributed by atoms with E-state index < -0.39 is 10.5 Å². The van der Waals surface area contributed by atoms with Crippen LogP contribution in [0.4, 0.5) is 5.69 Å². The smallest absolute Gasteiger partial charge is 0.316 e. The minimum atomic E-state index is -2.46. The Bertz CT molecular complexity index is 375. The van der Waals surface area contributed by atoms with Gasteiger partial charge in [-0.2, -0.15) is 8.42 Å². The van der Waals surface area contributed by atoms with Gasteiger partial charge in [0.25, 0.3) is 0 Å². The SMILES string of the molecule is O=S(=O)=Nc1cccc(O)c1. The van der Waals surface area contributed by atoms with Crippen molar-refractivity contribution in [1.29, 1.82) is 0 Å². The van der Waals surface area contributed by atoms with Gasteiger partial charge in [0, 0.05) is 6.07 Å². The van der Waals surface area contributed by atoms with Gasteiger partial charge < -0.3 is 5.11 Å². The van der Waals surface area contributed by atoms with Crippen molar-refractivity contribution in [2.45, 2.75) is 0 Å². The normalized spacial score (nSPS) is 9.09. The molecule has 5 heteroatoms. The highest BCUT2D eigenvalue weighted by Gasteiger charge is 1.89. The van der Waals surface area contributed by atoms with Crippen molar-refractivity contribution in [2.75, 3.05) is 0 Å². The summed E-state index contributed by atoms with van der Waals surface area (Å²) in [6.07, 6.45) is 0. The molecular weight excluding hydrogens is 166 g/mol. The summed E-state index contributed by atoms with van der Waals surface area (Å²) in [6, 6.07) is 5.69. The van der Waals surface area contributed by atoms with Crippen molar-refractivity contribution >= 4 is 16.2 Å². The number of nitrogens with zero attached hydrogens (tertiary/aromatic N) is 1. The summed E-state index contributed by atoms with van der Waals surface area (Å²) in [5, 5.41) is 8.86. The molecule has 0 aliphatic heterocycles. The molecule has 1 aromatic carbocycles. The Balaban J connectivity index is 3.17. The van der Waals surface area contributed by atoms with E-state index in [2.05, 4.69) is 4.36 Å². The summed E-state index contributed by atoms with van der Waals surface area (Å²) in [4.78, 5) is 0. The van der Waals surface area contributed by atoms with E-state index in [1.165, 1.54) is 24.3 Å². The predicted molar refractivity (Wildman–Crippen MR) is 39.1 cm³/mol. The molecule has 1 rings (SSSR count). The standard InChI is InChI=1S/C6H5NO3S/c8-6-3-1-2-5(4-6)7-11(9)10/h1-4,8H. The second-order valence-corrected chi connectivity index (χ2v) is 2.45. The Labute approximate surface area is 64.8 Å². The molecule has 0 bridgehead atoms. The predicted octanol–water partition coefficient (Wildman–Crippen LogP) is 1.09. The van der Waals surface area contributed by atoms with Crippen molar-refractivity contribution in [3.8, 4) is 5.75 Å². The van der Waals surface area contributed by atoms with Crippen molar-refractivity contribution < 1.29 is 13.5 Å². The molecule has 0 atom stereocenters. The van der Waals surface area contributed by atoms with Gasteiger partial charge in [-0.3, -0.25) is 0 Å². The molecular formula is C6H5NO3S. The van der Waals surface area contributed by atoms with E-state index in [0.717, 1.165) is 0 Å². The molecule has 1 N–H and O–H groups in total. The minimum absolute atomic E-state index is 0.00306. The van der Waals surface area contributed by atoms with Crippen molar-refractivity contribution in [1.82, 2.24) is 0 Å². The van der Waals surface area contributed by atoms with E-state index in [9.17, 15) is 8.42 Å². The number of phenolic OH excluding ortho intramolecular Hbond substituents is 1. The highest BCUT2D eigenvalue weighted by molar-refractivity contribution is 7.61. The third-order valence-electron chi connectivity index (χ3n) is 1.01. The molecule has 11 heavy (non-hydrogen) atoms. The number of phenols is 1. The topological polar surface area (TPSA) is 66.7 Å². The molecule has 4 nitrogen and oxygen atoms in total. The number of aromatic hydroxyl groups is 1. The summed E-state index contributed by atoms with van der Waals surface area (Å²) >= 11 is 0. The van der Waals surface area contributed by atoms with E-state index in [1.54, 1.807) is 0 Å². The summed E-state index contributed by atoms with van der Waals surface area (Å²) in [5.41, 5.74) is 0.221. The third kappa shape index (κ3) is 2.38. The maximum absolute atomic E-state index is 10.0. The molecule has 0 fully saturated rings. The van der Waals surface area contributed by atoms with Gasteiger partial charge >= 0.3 is 10.5 Å². The van der Waals surface area contributed by atoms with Crippen LogP contribution in [0.2, 0.25) is 0 Å². The molecule has 0 heterocycles. The van der Waals surface area contributed by atoms with Crippen LogP contribution in [0.3, 0.4) is 0 Å². The lowest BCUT2D eigenvalue weighted by atomic mass is 10.3. The van der Waals surface area contributed by atoms with Crippen LogP contribution in [-0.2, 0) is 10.5 Å². The highest BCUT2D eigenvalue weighted by Crippen LogP contribution is 2.17. The quantitative estimate of drug-likeness (QED) is 0.687. The highest BCUT2D eigenvalue weighted by atomic mass is 32.2. The molecule has 0 aliphatic carbocycles. The molecule has 0 aliphatic rings.